The van der Waals surface area contributed by atoms with Crippen LogP contribution in [0.15, 0.2) is 42.5 Å². The fourth-order valence-corrected chi connectivity index (χ4v) is 2.35. The van der Waals surface area contributed by atoms with E-state index in [1.165, 1.54) is 19.2 Å². The maximum Gasteiger partial charge on any atom is 0.160 e. The summed E-state index contributed by atoms with van der Waals surface area (Å²) in [6, 6.07) is 11.3. The van der Waals surface area contributed by atoms with Gasteiger partial charge in [-0.2, -0.15) is 0 Å². The summed E-state index contributed by atoms with van der Waals surface area (Å²) in [6.07, 6.45) is -1.09. The molecule has 0 aliphatic rings. The van der Waals surface area contributed by atoms with E-state index in [1.54, 1.807) is 30.3 Å². The Kier molecular flexibility index (Phi) is 4.67. The number of aromatic hydroxyl groups is 2. The summed E-state index contributed by atoms with van der Waals surface area (Å²) in [7, 11) is 1.43. The molecule has 0 heterocycles. The molecule has 0 aliphatic heterocycles. The first-order valence-corrected chi connectivity index (χ1v) is 6.52. The molecule has 0 spiro atoms. The Morgan fingerprint density at radius 2 is 1.76 bits per heavy atom. The maximum atomic E-state index is 10.1. The summed E-state index contributed by atoms with van der Waals surface area (Å²) in [5.41, 5.74) is 1.11. The molecule has 2 unspecified atom stereocenters. The van der Waals surface area contributed by atoms with E-state index in [2.05, 4.69) is 0 Å². The highest BCUT2D eigenvalue weighted by Gasteiger charge is 2.26. The van der Waals surface area contributed by atoms with Gasteiger partial charge >= 0.3 is 0 Å². The molecule has 0 saturated heterocycles. The number of hydrogen-bond donors (Lipinski definition) is 4. The van der Waals surface area contributed by atoms with Crippen LogP contribution < -0.4 is 4.74 Å². The molecule has 0 bridgehead atoms. The van der Waals surface area contributed by atoms with Crippen molar-refractivity contribution in [2.24, 2.45) is 0 Å². The van der Waals surface area contributed by atoms with Crippen LogP contribution in [-0.4, -0.2) is 40.2 Å². The molecule has 2 aromatic carbocycles. The van der Waals surface area contributed by atoms with E-state index >= 15 is 0 Å². The summed E-state index contributed by atoms with van der Waals surface area (Å²) in [6.45, 7) is -0.456. The second kappa shape index (κ2) is 6.47. The molecule has 2 rings (SSSR count). The van der Waals surface area contributed by atoms with Gasteiger partial charge in [0.05, 0.1) is 19.8 Å². The summed E-state index contributed by atoms with van der Waals surface area (Å²) in [5, 5.41) is 39.1. The van der Waals surface area contributed by atoms with Crippen LogP contribution in [0.25, 0.3) is 0 Å². The lowest BCUT2D eigenvalue weighted by Crippen LogP contribution is -2.23. The highest BCUT2D eigenvalue weighted by Crippen LogP contribution is 2.37. The Hall–Kier alpha value is -2.24. The Morgan fingerprint density at radius 3 is 2.38 bits per heavy atom. The minimum Gasteiger partial charge on any atom is -0.508 e. The second-order valence-corrected chi connectivity index (χ2v) is 4.72. The van der Waals surface area contributed by atoms with Gasteiger partial charge in [-0.05, 0) is 23.8 Å². The smallest absolute Gasteiger partial charge is 0.160 e. The third-order valence-electron chi connectivity index (χ3n) is 3.41. The lowest BCUT2D eigenvalue weighted by molar-refractivity contribution is 0.0816. The van der Waals surface area contributed by atoms with Gasteiger partial charge in [-0.3, -0.25) is 0 Å². The van der Waals surface area contributed by atoms with E-state index < -0.39 is 18.6 Å². The van der Waals surface area contributed by atoms with Crippen LogP contribution in [0.2, 0.25) is 0 Å². The van der Waals surface area contributed by atoms with Gasteiger partial charge in [0.1, 0.15) is 5.75 Å². The van der Waals surface area contributed by atoms with E-state index in [-0.39, 0.29) is 17.2 Å². The summed E-state index contributed by atoms with van der Waals surface area (Å²) in [5.74, 6) is -0.360. The van der Waals surface area contributed by atoms with Crippen LogP contribution >= 0.6 is 0 Å². The molecule has 112 valence electrons. The van der Waals surface area contributed by atoms with Gasteiger partial charge in [-0.1, -0.05) is 24.3 Å². The van der Waals surface area contributed by atoms with E-state index in [0.29, 0.717) is 11.1 Å². The van der Waals surface area contributed by atoms with Crippen molar-refractivity contribution in [1.29, 1.82) is 0 Å². The molecule has 0 saturated carbocycles. The average Bonchev–Trinajstić information content (AvgIpc) is 2.50. The Balaban J connectivity index is 2.54. The van der Waals surface area contributed by atoms with Gasteiger partial charge in [-0.15, -0.1) is 0 Å². The fraction of sp³-hybridized carbons (Fsp3) is 0.250. The number of phenolic OH excluding ortho intramolecular Hbond substituents is 2. The van der Waals surface area contributed by atoms with Gasteiger partial charge < -0.3 is 25.2 Å². The average molecular weight is 290 g/mol. The summed E-state index contributed by atoms with van der Waals surface area (Å²) >= 11 is 0. The van der Waals surface area contributed by atoms with E-state index in [1.807, 2.05) is 0 Å². The number of benzene rings is 2. The number of phenols is 2. The van der Waals surface area contributed by atoms with Crippen molar-refractivity contribution in [1.82, 2.24) is 0 Å². The highest BCUT2D eigenvalue weighted by atomic mass is 16.5. The van der Waals surface area contributed by atoms with Crippen LogP contribution in [0.5, 0.6) is 17.2 Å². The molecule has 0 aromatic heterocycles. The first kappa shape index (κ1) is 15.2. The molecule has 0 fully saturated rings. The molecule has 21 heavy (non-hydrogen) atoms. The predicted molar refractivity (Wildman–Crippen MR) is 77.7 cm³/mol. The van der Waals surface area contributed by atoms with Crippen molar-refractivity contribution in [3.05, 3.63) is 53.6 Å². The normalized spacial score (nSPS) is 13.7. The number of rotatable bonds is 5. The molecular weight excluding hydrogens is 272 g/mol. The van der Waals surface area contributed by atoms with E-state index in [4.69, 9.17) is 4.74 Å². The largest absolute Gasteiger partial charge is 0.508 e. The lowest BCUT2D eigenvalue weighted by atomic mass is 9.86. The lowest BCUT2D eigenvalue weighted by Gasteiger charge is -2.23. The van der Waals surface area contributed by atoms with Crippen molar-refractivity contribution in [3.8, 4) is 17.2 Å². The Bertz CT molecular complexity index is 611. The molecule has 0 aliphatic carbocycles. The molecule has 0 radical (unpaired) electrons. The molecule has 5 heteroatoms. The van der Waals surface area contributed by atoms with Crippen molar-refractivity contribution in [2.45, 2.75) is 12.0 Å². The number of methoxy groups -OCH3 is 1. The molecule has 0 amide bonds. The van der Waals surface area contributed by atoms with Crippen molar-refractivity contribution in [2.75, 3.05) is 13.7 Å². The van der Waals surface area contributed by atoms with Crippen LogP contribution in [0.1, 0.15) is 17.0 Å². The number of ether oxygens (including phenoxy) is 1. The summed E-state index contributed by atoms with van der Waals surface area (Å²) in [4.78, 5) is 0. The van der Waals surface area contributed by atoms with Crippen molar-refractivity contribution < 1.29 is 25.2 Å². The molecule has 2 aromatic rings. The van der Waals surface area contributed by atoms with Crippen LogP contribution in [0, 0.1) is 0 Å². The fourth-order valence-electron chi connectivity index (χ4n) is 2.35. The molecule has 4 N–H and O–H groups in total. The van der Waals surface area contributed by atoms with Gasteiger partial charge in [0.25, 0.3) is 0 Å². The topological polar surface area (TPSA) is 90.2 Å². The third kappa shape index (κ3) is 3.09. The summed E-state index contributed by atoms with van der Waals surface area (Å²) < 4.78 is 5.06. The maximum absolute atomic E-state index is 10.1. The van der Waals surface area contributed by atoms with Crippen molar-refractivity contribution >= 4 is 0 Å². The molecule has 5 nitrogen and oxygen atoms in total. The zero-order chi connectivity index (χ0) is 15.4. The minimum atomic E-state index is -1.09. The quantitative estimate of drug-likeness (QED) is 0.671. The van der Waals surface area contributed by atoms with Crippen LogP contribution in [0.4, 0.5) is 0 Å². The standard InChI is InChI=1S/C16H18O5/c1-21-15-8-10(6-7-13(15)19)16(14(20)9-17)11-4-2-3-5-12(11)18/h2-8,14,16-20H,9H2,1H3. The van der Waals surface area contributed by atoms with Crippen LogP contribution in [0.3, 0.4) is 0 Å². The zero-order valence-corrected chi connectivity index (χ0v) is 11.6. The Labute approximate surface area is 122 Å². The Morgan fingerprint density at radius 1 is 1.05 bits per heavy atom. The molecular formula is C16H18O5. The predicted octanol–water partition coefficient (Wildman–Crippen LogP) is 1.59. The number of hydrogen-bond acceptors (Lipinski definition) is 5. The highest BCUT2D eigenvalue weighted by molar-refractivity contribution is 5.48. The van der Waals surface area contributed by atoms with Gasteiger partial charge in [0.2, 0.25) is 0 Å². The monoisotopic (exact) mass is 290 g/mol. The first-order valence-electron chi connectivity index (χ1n) is 6.52. The molecule has 2 atom stereocenters. The number of para-hydroxylation sites is 1. The van der Waals surface area contributed by atoms with Crippen LogP contribution in [-0.2, 0) is 0 Å². The second-order valence-electron chi connectivity index (χ2n) is 4.72. The number of aliphatic hydroxyl groups is 2. The first-order chi connectivity index (χ1) is 10.1. The minimum absolute atomic E-state index is 0.0178. The van der Waals surface area contributed by atoms with Gasteiger partial charge in [0.15, 0.2) is 11.5 Å². The zero-order valence-electron chi connectivity index (χ0n) is 11.6. The van der Waals surface area contributed by atoms with Gasteiger partial charge in [-0.25, -0.2) is 0 Å². The number of aliphatic hydroxyl groups excluding tert-OH is 2. The van der Waals surface area contributed by atoms with Crippen molar-refractivity contribution in [3.63, 3.8) is 0 Å². The van der Waals surface area contributed by atoms with E-state index in [0.717, 1.165) is 0 Å². The third-order valence-corrected chi connectivity index (χ3v) is 3.41. The van der Waals surface area contributed by atoms with E-state index in [9.17, 15) is 20.4 Å². The van der Waals surface area contributed by atoms with Gasteiger partial charge in [0, 0.05) is 11.5 Å². The SMILES string of the molecule is COc1cc(C(c2ccccc2O)C(O)CO)ccc1O.